The van der Waals surface area contributed by atoms with Crippen LogP contribution < -0.4 is 15.8 Å². The summed E-state index contributed by atoms with van der Waals surface area (Å²) in [5.74, 6) is 0.432. The maximum atomic E-state index is 12.0. The van der Waals surface area contributed by atoms with E-state index in [-0.39, 0.29) is 11.5 Å². The second-order valence-electron chi connectivity index (χ2n) is 4.88. The van der Waals surface area contributed by atoms with Crippen LogP contribution in [0.25, 0.3) is 0 Å². The van der Waals surface area contributed by atoms with Gasteiger partial charge in [-0.2, -0.15) is 0 Å². The molecule has 0 spiro atoms. The van der Waals surface area contributed by atoms with E-state index in [0.29, 0.717) is 23.5 Å². The van der Waals surface area contributed by atoms with Gasteiger partial charge in [0, 0.05) is 19.2 Å². The van der Waals surface area contributed by atoms with Crippen LogP contribution in [0.3, 0.4) is 0 Å². The fourth-order valence-corrected chi connectivity index (χ4v) is 2.24. The molecule has 5 heteroatoms. The van der Waals surface area contributed by atoms with E-state index in [0.717, 1.165) is 19.3 Å². The molecular formula is C14H20N2O3. The molecule has 1 aromatic carbocycles. The fraction of sp³-hybridized carbons (Fsp3) is 0.500. The predicted molar refractivity (Wildman–Crippen MR) is 73.3 cm³/mol. The van der Waals surface area contributed by atoms with E-state index >= 15 is 0 Å². The van der Waals surface area contributed by atoms with E-state index in [9.17, 15) is 4.79 Å². The Kier molecular flexibility index (Phi) is 3.95. The lowest BCUT2D eigenvalue weighted by molar-refractivity contribution is -0.0679. The van der Waals surface area contributed by atoms with Gasteiger partial charge in [0.25, 0.3) is 5.91 Å². The number of nitrogens with two attached hydrogens (primary N) is 1. The quantitative estimate of drug-likeness (QED) is 0.792. The summed E-state index contributed by atoms with van der Waals surface area (Å²) in [7, 11) is 3.24. The fourth-order valence-electron chi connectivity index (χ4n) is 2.24. The average molecular weight is 264 g/mol. The van der Waals surface area contributed by atoms with Crippen molar-refractivity contribution in [3.05, 3.63) is 23.8 Å². The minimum absolute atomic E-state index is 0.141. The smallest absolute Gasteiger partial charge is 0.251 e. The Labute approximate surface area is 113 Å². The number of hydrogen-bond donors (Lipinski definition) is 2. The predicted octanol–water partition coefficient (Wildman–Crippen LogP) is 1.58. The molecule has 1 amide bonds. The van der Waals surface area contributed by atoms with Crippen LogP contribution in [0.2, 0.25) is 0 Å². The normalized spacial score (nSPS) is 16.5. The van der Waals surface area contributed by atoms with Crippen LogP contribution in [0.5, 0.6) is 5.75 Å². The third-order valence-electron chi connectivity index (χ3n) is 3.76. The number of anilines is 1. The summed E-state index contributed by atoms with van der Waals surface area (Å²) in [4.78, 5) is 12.0. The molecule has 0 saturated heterocycles. The van der Waals surface area contributed by atoms with Gasteiger partial charge in [0.2, 0.25) is 0 Å². The lowest BCUT2D eigenvalue weighted by Crippen LogP contribution is -2.49. The van der Waals surface area contributed by atoms with E-state index in [1.165, 1.54) is 0 Å². The Bertz CT molecular complexity index is 464. The third-order valence-corrected chi connectivity index (χ3v) is 3.76. The van der Waals surface area contributed by atoms with Crippen molar-refractivity contribution in [3.63, 3.8) is 0 Å². The summed E-state index contributed by atoms with van der Waals surface area (Å²) >= 11 is 0. The van der Waals surface area contributed by atoms with Crippen molar-refractivity contribution in [2.24, 2.45) is 0 Å². The van der Waals surface area contributed by atoms with Gasteiger partial charge < -0.3 is 20.5 Å². The number of nitrogens with one attached hydrogen (secondary N) is 1. The second kappa shape index (κ2) is 5.48. The number of amides is 1. The number of methoxy groups -OCH3 is 2. The zero-order valence-corrected chi connectivity index (χ0v) is 11.4. The van der Waals surface area contributed by atoms with E-state index in [4.69, 9.17) is 15.2 Å². The van der Waals surface area contributed by atoms with Crippen molar-refractivity contribution in [3.8, 4) is 5.75 Å². The highest BCUT2D eigenvalue weighted by Gasteiger charge is 2.37. The summed E-state index contributed by atoms with van der Waals surface area (Å²) in [6, 6.07) is 5.01. The molecule has 2 rings (SSSR count). The van der Waals surface area contributed by atoms with E-state index in [2.05, 4.69) is 5.32 Å². The van der Waals surface area contributed by atoms with Crippen molar-refractivity contribution in [2.75, 3.05) is 26.5 Å². The Morgan fingerprint density at radius 2 is 2.16 bits per heavy atom. The standard InChI is InChI=1S/C14H20N2O3/c1-18-12-5-4-10(8-11(12)15)13(17)16-9-14(19-2)6-3-7-14/h4-5,8H,3,6-7,9,15H2,1-2H3,(H,16,17). The Hall–Kier alpha value is -1.75. The van der Waals surface area contributed by atoms with Crippen molar-refractivity contribution in [1.82, 2.24) is 5.32 Å². The highest BCUT2D eigenvalue weighted by Crippen LogP contribution is 2.34. The molecule has 1 aliphatic carbocycles. The van der Waals surface area contributed by atoms with Crippen LogP contribution in [0, 0.1) is 0 Å². The van der Waals surface area contributed by atoms with Gasteiger partial charge in [-0.15, -0.1) is 0 Å². The number of carbonyl (C=O) groups is 1. The summed E-state index contributed by atoms with van der Waals surface area (Å²) in [5, 5.41) is 2.90. The van der Waals surface area contributed by atoms with Crippen LogP contribution in [0.4, 0.5) is 5.69 Å². The minimum Gasteiger partial charge on any atom is -0.495 e. The average Bonchev–Trinajstić information content (AvgIpc) is 2.37. The Morgan fingerprint density at radius 1 is 1.42 bits per heavy atom. The number of rotatable bonds is 5. The van der Waals surface area contributed by atoms with Crippen LogP contribution in [0.1, 0.15) is 29.6 Å². The molecule has 1 saturated carbocycles. The van der Waals surface area contributed by atoms with Crippen molar-refractivity contribution in [1.29, 1.82) is 0 Å². The van der Waals surface area contributed by atoms with Crippen molar-refractivity contribution in [2.45, 2.75) is 24.9 Å². The number of carbonyl (C=O) groups excluding carboxylic acids is 1. The van der Waals surface area contributed by atoms with Crippen LogP contribution in [-0.4, -0.2) is 32.3 Å². The van der Waals surface area contributed by atoms with Gasteiger partial charge in [-0.3, -0.25) is 4.79 Å². The number of benzene rings is 1. The first-order valence-corrected chi connectivity index (χ1v) is 6.37. The molecule has 0 unspecified atom stereocenters. The molecule has 104 valence electrons. The van der Waals surface area contributed by atoms with Gasteiger partial charge in [0.15, 0.2) is 0 Å². The number of hydrogen-bond acceptors (Lipinski definition) is 4. The molecule has 1 fully saturated rings. The van der Waals surface area contributed by atoms with Crippen LogP contribution in [0.15, 0.2) is 18.2 Å². The monoisotopic (exact) mass is 264 g/mol. The maximum Gasteiger partial charge on any atom is 0.251 e. The molecule has 0 atom stereocenters. The van der Waals surface area contributed by atoms with Gasteiger partial charge in [-0.05, 0) is 37.5 Å². The van der Waals surface area contributed by atoms with E-state index in [1.54, 1.807) is 32.4 Å². The zero-order valence-electron chi connectivity index (χ0n) is 11.4. The van der Waals surface area contributed by atoms with Crippen molar-refractivity contribution >= 4 is 11.6 Å². The summed E-state index contributed by atoms with van der Waals surface area (Å²) in [6.45, 7) is 0.536. The topological polar surface area (TPSA) is 73.6 Å². The Balaban J connectivity index is 1.98. The number of ether oxygens (including phenoxy) is 2. The third kappa shape index (κ3) is 2.81. The SMILES string of the molecule is COc1ccc(C(=O)NCC2(OC)CCC2)cc1N. The van der Waals surface area contributed by atoms with Crippen LogP contribution >= 0.6 is 0 Å². The molecule has 5 nitrogen and oxygen atoms in total. The largest absolute Gasteiger partial charge is 0.495 e. The van der Waals surface area contributed by atoms with Crippen molar-refractivity contribution < 1.29 is 14.3 Å². The summed E-state index contributed by atoms with van der Waals surface area (Å²) in [5.41, 5.74) is 6.60. The Morgan fingerprint density at radius 3 is 2.63 bits per heavy atom. The number of nitrogen functional groups attached to an aromatic ring is 1. The van der Waals surface area contributed by atoms with E-state index in [1.807, 2.05) is 0 Å². The summed E-state index contributed by atoms with van der Waals surface area (Å²) in [6.07, 6.45) is 3.14. The molecule has 1 aliphatic rings. The molecule has 0 bridgehead atoms. The molecule has 0 radical (unpaired) electrons. The minimum atomic E-state index is -0.173. The molecular weight excluding hydrogens is 244 g/mol. The lowest BCUT2D eigenvalue weighted by Gasteiger charge is -2.40. The van der Waals surface area contributed by atoms with Crippen LogP contribution in [-0.2, 0) is 4.74 Å². The highest BCUT2D eigenvalue weighted by molar-refractivity contribution is 5.95. The maximum absolute atomic E-state index is 12.0. The molecule has 0 heterocycles. The first-order chi connectivity index (χ1) is 9.10. The molecule has 0 aromatic heterocycles. The van der Waals surface area contributed by atoms with Gasteiger partial charge in [-0.25, -0.2) is 0 Å². The molecule has 3 N–H and O–H groups in total. The highest BCUT2D eigenvalue weighted by atomic mass is 16.5. The van der Waals surface area contributed by atoms with Gasteiger partial charge >= 0.3 is 0 Å². The van der Waals surface area contributed by atoms with E-state index < -0.39 is 0 Å². The lowest BCUT2D eigenvalue weighted by atomic mass is 9.80. The van der Waals surface area contributed by atoms with Gasteiger partial charge in [-0.1, -0.05) is 0 Å². The molecule has 0 aliphatic heterocycles. The van der Waals surface area contributed by atoms with Gasteiger partial charge in [0.1, 0.15) is 5.75 Å². The second-order valence-corrected chi connectivity index (χ2v) is 4.88. The summed E-state index contributed by atoms with van der Waals surface area (Å²) < 4.78 is 10.5. The van der Waals surface area contributed by atoms with Gasteiger partial charge in [0.05, 0.1) is 18.4 Å². The molecule has 1 aromatic rings. The molecule has 19 heavy (non-hydrogen) atoms. The first-order valence-electron chi connectivity index (χ1n) is 6.37. The first kappa shape index (κ1) is 13.7. The zero-order chi connectivity index (χ0) is 13.9.